The summed E-state index contributed by atoms with van der Waals surface area (Å²) in [5.41, 5.74) is 10.6. The van der Waals surface area contributed by atoms with E-state index in [1.54, 1.807) is 0 Å². The van der Waals surface area contributed by atoms with Crippen molar-refractivity contribution in [2.75, 3.05) is 0 Å². The van der Waals surface area contributed by atoms with Crippen LogP contribution in [0.3, 0.4) is 0 Å². The van der Waals surface area contributed by atoms with Crippen molar-refractivity contribution >= 4 is 17.0 Å². The number of nitrogens with zero attached hydrogens (tertiary/aromatic N) is 1. The van der Waals surface area contributed by atoms with Gasteiger partial charge in [0.1, 0.15) is 0 Å². The highest BCUT2D eigenvalue weighted by molar-refractivity contribution is 5.92. The molecule has 0 unspecified atom stereocenters. The molecule has 1 aliphatic carbocycles. The minimum atomic E-state index is 1.03. The van der Waals surface area contributed by atoms with Crippen LogP contribution in [-0.4, -0.2) is 4.57 Å². The summed E-state index contributed by atoms with van der Waals surface area (Å²) in [6.45, 7) is 4.39. The minimum absolute atomic E-state index is 1.03. The van der Waals surface area contributed by atoms with E-state index in [-0.39, 0.29) is 0 Å². The molecular weight excluding hydrogens is 314 g/mol. The summed E-state index contributed by atoms with van der Waals surface area (Å²) in [6.07, 6.45) is 5.56. The van der Waals surface area contributed by atoms with Crippen LogP contribution in [0.4, 0.5) is 0 Å². The van der Waals surface area contributed by atoms with Crippen LogP contribution >= 0.6 is 0 Å². The Bertz CT molecular complexity index is 1170. The number of allylic oxidation sites excluding steroid dienone is 1. The van der Waals surface area contributed by atoms with Gasteiger partial charge in [-0.05, 0) is 72.4 Å². The zero-order valence-corrected chi connectivity index (χ0v) is 15.2. The molecule has 1 aliphatic rings. The Morgan fingerprint density at radius 3 is 2.42 bits per heavy atom. The van der Waals surface area contributed by atoms with Gasteiger partial charge < -0.3 is 4.57 Å². The summed E-state index contributed by atoms with van der Waals surface area (Å²) >= 11 is 0. The SMILES string of the molecule is Cc1ccccc1-c1cc(-n2c3c(c4ccccc42)CC=C3)ccc1C. The smallest absolute Gasteiger partial charge is 0.0537 e. The second-order valence-electron chi connectivity index (χ2n) is 7.14. The van der Waals surface area contributed by atoms with Gasteiger partial charge in [-0.3, -0.25) is 0 Å². The molecule has 0 spiro atoms. The van der Waals surface area contributed by atoms with E-state index in [9.17, 15) is 0 Å². The van der Waals surface area contributed by atoms with E-state index >= 15 is 0 Å². The van der Waals surface area contributed by atoms with Gasteiger partial charge in [-0.2, -0.15) is 0 Å². The van der Waals surface area contributed by atoms with Crippen molar-refractivity contribution in [2.24, 2.45) is 0 Å². The van der Waals surface area contributed by atoms with Crippen molar-refractivity contribution < 1.29 is 0 Å². The molecule has 1 aromatic heterocycles. The number of aromatic nitrogens is 1. The fraction of sp³-hybridized carbons (Fsp3) is 0.120. The summed E-state index contributed by atoms with van der Waals surface area (Å²) in [5.74, 6) is 0. The lowest BCUT2D eigenvalue weighted by atomic mass is 9.96. The minimum Gasteiger partial charge on any atom is -0.310 e. The first-order valence-corrected chi connectivity index (χ1v) is 9.20. The zero-order chi connectivity index (χ0) is 17.7. The second kappa shape index (κ2) is 5.74. The van der Waals surface area contributed by atoms with Crippen LogP contribution < -0.4 is 0 Å². The molecule has 0 radical (unpaired) electrons. The predicted molar refractivity (Wildman–Crippen MR) is 111 cm³/mol. The summed E-state index contributed by atoms with van der Waals surface area (Å²) < 4.78 is 2.41. The molecular formula is C25H21N. The Morgan fingerprint density at radius 1 is 0.769 bits per heavy atom. The predicted octanol–water partition coefficient (Wildman–Crippen LogP) is 6.48. The van der Waals surface area contributed by atoms with Crippen LogP contribution in [0, 0.1) is 13.8 Å². The molecule has 0 atom stereocenters. The molecule has 1 heterocycles. The van der Waals surface area contributed by atoms with Gasteiger partial charge in [0.05, 0.1) is 11.2 Å². The first-order chi connectivity index (χ1) is 12.7. The van der Waals surface area contributed by atoms with E-state index in [2.05, 4.69) is 97.3 Å². The zero-order valence-electron chi connectivity index (χ0n) is 15.2. The van der Waals surface area contributed by atoms with Gasteiger partial charge in [-0.15, -0.1) is 0 Å². The first kappa shape index (κ1) is 15.2. The van der Waals surface area contributed by atoms with Gasteiger partial charge in [0.2, 0.25) is 0 Å². The molecule has 0 saturated heterocycles. The van der Waals surface area contributed by atoms with Crippen molar-refractivity contribution in [1.82, 2.24) is 4.57 Å². The molecule has 4 aromatic rings. The second-order valence-corrected chi connectivity index (χ2v) is 7.14. The lowest BCUT2D eigenvalue weighted by molar-refractivity contribution is 1.10. The Hall–Kier alpha value is -3.06. The summed E-state index contributed by atoms with van der Waals surface area (Å²) in [6, 6.07) is 24.2. The summed E-state index contributed by atoms with van der Waals surface area (Å²) in [5, 5.41) is 1.37. The molecule has 0 fully saturated rings. The average Bonchev–Trinajstić information content (AvgIpc) is 3.24. The number of aryl methyl sites for hydroxylation is 2. The molecule has 0 N–H and O–H groups in total. The van der Waals surface area contributed by atoms with E-state index < -0.39 is 0 Å². The fourth-order valence-electron chi connectivity index (χ4n) is 4.20. The molecule has 0 saturated carbocycles. The molecule has 0 aliphatic heterocycles. The largest absolute Gasteiger partial charge is 0.310 e. The molecule has 1 nitrogen and oxygen atoms in total. The van der Waals surface area contributed by atoms with E-state index in [1.807, 2.05) is 0 Å². The monoisotopic (exact) mass is 335 g/mol. The van der Waals surface area contributed by atoms with Crippen molar-refractivity contribution in [3.05, 3.63) is 95.2 Å². The molecule has 0 bridgehead atoms. The highest BCUT2D eigenvalue weighted by atomic mass is 15.0. The number of benzene rings is 3. The van der Waals surface area contributed by atoms with Crippen molar-refractivity contribution in [3.63, 3.8) is 0 Å². The number of rotatable bonds is 2. The van der Waals surface area contributed by atoms with Gasteiger partial charge >= 0.3 is 0 Å². The van der Waals surface area contributed by atoms with E-state index in [0.717, 1.165) is 6.42 Å². The third kappa shape index (κ3) is 2.17. The molecule has 3 aromatic carbocycles. The maximum Gasteiger partial charge on any atom is 0.0537 e. The third-order valence-electron chi connectivity index (χ3n) is 5.53. The van der Waals surface area contributed by atoms with E-state index in [0.29, 0.717) is 0 Å². The van der Waals surface area contributed by atoms with Gasteiger partial charge in [-0.25, -0.2) is 0 Å². The normalized spacial score (nSPS) is 12.7. The Kier molecular flexibility index (Phi) is 3.36. The summed E-state index contributed by atoms with van der Waals surface area (Å²) in [7, 11) is 0. The molecule has 26 heavy (non-hydrogen) atoms. The van der Waals surface area contributed by atoms with E-state index in [4.69, 9.17) is 0 Å². The molecule has 1 heteroatoms. The third-order valence-corrected chi connectivity index (χ3v) is 5.53. The topological polar surface area (TPSA) is 4.93 Å². The quantitative estimate of drug-likeness (QED) is 0.395. The number of hydrogen-bond acceptors (Lipinski definition) is 0. The van der Waals surface area contributed by atoms with Crippen LogP contribution in [0.15, 0.2) is 72.8 Å². The van der Waals surface area contributed by atoms with Crippen LogP contribution in [0.25, 0.3) is 33.8 Å². The molecule has 0 amide bonds. The lowest BCUT2D eigenvalue weighted by Crippen LogP contribution is -1.98. The van der Waals surface area contributed by atoms with E-state index in [1.165, 1.54) is 50.1 Å². The van der Waals surface area contributed by atoms with Gasteiger partial charge in [-0.1, -0.05) is 54.6 Å². The lowest BCUT2D eigenvalue weighted by Gasteiger charge is -2.14. The highest BCUT2D eigenvalue weighted by Crippen LogP contribution is 2.36. The Balaban J connectivity index is 1.79. The Labute approximate surface area is 154 Å². The average molecular weight is 335 g/mol. The van der Waals surface area contributed by atoms with Crippen molar-refractivity contribution in [3.8, 4) is 16.8 Å². The molecule has 126 valence electrons. The van der Waals surface area contributed by atoms with Gasteiger partial charge in [0.25, 0.3) is 0 Å². The first-order valence-electron chi connectivity index (χ1n) is 9.20. The Morgan fingerprint density at radius 2 is 1.54 bits per heavy atom. The van der Waals surface area contributed by atoms with Crippen LogP contribution in [0.2, 0.25) is 0 Å². The number of fused-ring (bicyclic) bond motifs is 3. The number of hydrogen-bond donors (Lipinski definition) is 0. The van der Waals surface area contributed by atoms with Crippen molar-refractivity contribution in [1.29, 1.82) is 0 Å². The van der Waals surface area contributed by atoms with Crippen LogP contribution in [0.5, 0.6) is 0 Å². The molecule has 5 rings (SSSR count). The standard InChI is InChI=1S/C25H21N/c1-17-8-3-4-9-20(17)23-16-19(15-14-18(23)2)26-24-12-6-5-10-21(24)22-11-7-13-25(22)26/h3-10,12-16H,11H2,1-2H3. The van der Waals surface area contributed by atoms with Crippen molar-refractivity contribution in [2.45, 2.75) is 20.3 Å². The van der Waals surface area contributed by atoms with Crippen LogP contribution in [-0.2, 0) is 6.42 Å². The number of para-hydroxylation sites is 1. The summed E-state index contributed by atoms with van der Waals surface area (Å²) in [4.78, 5) is 0. The highest BCUT2D eigenvalue weighted by Gasteiger charge is 2.19. The fourth-order valence-corrected chi connectivity index (χ4v) is 4.20. The maximum atomic E-state index is 2.41. The maximum absolute atomic E-state index is 2.41. The van der Waals surface area contributed by atoms with Gasteiger partial charge in [0.15, 0.2) is 0 Å². The van der Waals surface area contributed by atoms with Crippen LogP contribution in [0.1, 0.15) is 22.4 Å². The van der Waals surface area contributed by atoms with Gasteiger partial charge in [0, 0.05) is 11.1 Å².